The van der Waals surface area contributed by atoms with E-state index in [0.717, 1.165) is 0 Å². The van der Waals surface area contributed by atoms with Crippen LogP contribution in [0.2, 0.25) is 0 Å². The molecule has 6 nitrogen and oxygen atoms in total. The molecule has 0 aliphatic rings. The van der Waals surface area contributed by atoms with Gasteiger partial charge in [-0.25, -0.2) is 9.67 Å². The number of nitrogens with zero attached hydrogens (tertiary/aromatic N) is 4. The van der Waals surface area contributed by atoms with E-state index in [2.05, 4.69) is 10.1 Å². The third-order valence-electron chi connectivity index (χ3n) is 2.21. The summed E-state index contributed by atoms with van der Waals surface area (Å²) >= 11 is 0. The number of rotatable bonds is 2. The molecule has 2 heterocycles. The molecule has 17 heavy (non-hydrogen) atoms. The van der Waals surface area contributed by atoms with Gasteiger partial charge in [0.2, 0.25) is 0 Å². The molecule has 2 rings (SSSR count). The largest absolute Gasteiger partial charge is 0.384 e. The predicted octanol–water partition coefficient (Wildman–Crippen LogP) is 0.551. The lowest BCUT2D eigenvalue weighted by Gasteiger charge is -2.06. The number of hydrogen-bond donors (Lipinski definition) is 1. The lowest BCUT2D eigenvalue weighted by atomic mass is 10.4. The van der Waals surface area contributed by atoms with Crippen LogP contribution in [0.1, 0.15) is 10.5 Å². The average molecular weight is 231 g/mol. The van der Waals surface area contributed by atoms with Crippen molar-refractivity contribution >= 4 is 11.7 Å². The fourth-order valence-corrected chi connectivity index (χ4v) is 1.36. The van der Waals surface area contributed by atoms with Crippen LogP contribution in [-0.2, 0) is 0 Å². The summed E-state index contributed by atoms with van der Waals surface area (Å²) in [4.78, 5) is 17.2. The molecule has 2 N–H and O–H groups in total. The number of pyridine rings is 1. The first-order valence-corrected chi connectivity index (χ1v) is 5.08. The number of nitrogen functional groups attached to an aromatic ring is 1. The lowest BCUT2D eigenvalue weighted by molar-refractivity contribution is 0.0821. The molecule has 0 bridgehead atoms. The molecule has 0 saturated carbocycles. The molecule has 0 aliphatic heterocycles. The Bertz CT molecular complexity index is 546. The first-order chi connectivity index (χ1) is 8.08. The van der Waals surface area contributed by atoms with E-state index in [4.69, 9.17) is 5.73 Å². The van der Waals surface area contributed by atoms with Crippen molar-refractivity contribution in [2.75, 3.05) is 19.8 Å². The van der Waals surface area contributed by atoms with Gasteiger partial charge in [-0.05, 0) is 18.2 Å². The summed E-state index contributed by atoms with van der Waals surface area (Å²) in [6.45, 7) is 0. The van der Waals surface area contributed by atoms with Crippen LogP contribution in [0.3, 0.4) is 0 Å². The van der Waals surface area contributed by atoms with Crippen molar-refractivity contribution in [3.8, 4) is 5.82 Å². The van der Waals surface area contributed by atoms with Gasteiger partial charge in [-0.3, -0.25) is 4.79 Å². The highest BCUT2D eigenvalue weighted by molar-refractivity contribution is 5.91. The molecular formula is C11H13N5O. The van der Waals surface area contributed by atoms with E-state index < -0.39 is 0 Å². The number of nitrogens with two attached hydrogens (primary N) is 1. The summed E-state index contributed by atoms with van der Waals surface area (Å²) in [5, 5.41) is 4.15. The SMILES string of the molecule is CN(C)C(=O)c1ccn(-c2cccc(N)n2)n1. The normalized spacial score (nSPS) is 10.2. The van der Waals surface area contributed by atoms with Gasteiger partial charge in [0.05, 0.1) is 0 Å². The fraction of sp³-hybridized carbons (Fsp3) is 0.182. The minimum Gasteiger partial charge on any atom is -0.384 e. The molecule has 0 aliphatic carbocycles. The summed E-state index contributed by atoms with van der Waals surface area (Å²) in [5.74, 6) is 0.856. The van der Waals surface area contributed by atoms with Gasteiger partial charge in [-0.15, -0.1) is 0 Å². The maximum absolute atomic E-state index is 11.7. The van der Waals surface area contributed by atoms with E-state index in [9.17, 15) is 4.79 Å². The maximum atomic E-state index is 11.7. The highest BCUT2D eigenvalue weighted by atomic mass is 16.2. The van der Waals surface area contributed by atoms with E-state index in [1.54, 1.807) is 44.6 Å². The van der Waals surface area contributed by atoms with Gasteiger partial charge in [0.25, 0.3) is 5.91 Å². The third-order valence-corrected chi connectivity index (χ3v) is 2.21. The molecule has 2 aromatic rings. The smallest absolute Gasteiger partial charge is 0.273 e. The first-order valence-electron chi connectivity index (χ1n) is 5.08. The van der Waals surface area contributed by atoms with Crippen molar-refractivity contribution in [3.63, 3.8) is 0 Å². The number of amides is 1. The predicted molar refractivity (Wildman–Crippen MR) is 63.8 cm³/mol. The molecule has 0 saturated heterocycles. The molecule has 0 radical (unpaired) electrons. The zero-order valence-electron chi connectivity index (χ0n) is 9.66. The van der Waals surface area contributed by atoms with Crippen LogP contribution in [-0.4, -0.2) is 39.7 Å². The van der Waals surface area contributed by atoms with Gasteiger partial charge in [0.1, 0.15) is 5.82 Å². The second-order valence-electron chi connectivity index (χ2n) is 3.77. The van der Waals surface area contributed by atoms with Gasteiger partial charge in [-0.2, -0.15) is 5.10 Å². The Kier molecular flexibility index (Phi) is 2.78. The van der Waals surface area contributed by atoms with E-state index in [1.807, 2.05) is 0 Å². The number of carbonyl (C=O) groups is 1. The van der Waals surface area contributed by atoms with E-state index in [0.29, 0.717) is 17.3 Å². The highest BCUT2D eigenvalue weighted by Gasteiger charge is 2.12. The molecule has 2 aromatic heterocycles. The Morgan fingerprint density at radius 2 is 2.12 bits per heavy atom. The molecule has 0 atom stereocenters. The minimum absolute atomic E-state index is 0.146. The molecule has 0 spiro atoms. The van der Waals surface area contributed by atoms with Gasteiger partial charge >= 0.3 is 0 Å². The van der Waals surface area contributed by atoms with Crippen molar-refractivity contribution < 1.29 is 4.79 Å². The van der Waals surface area contributed by atoms with Crippen LogP contribution in [0.25, 0.3) is 5.82 Å². The number of hydrogen-bond acceptors (Lipinski definition) is 4. The lowest BCUT2D eigenvalue weighted by Crippen LogP contribution is -2.22. The van der Waals surface area contributed by atoms with E-state index in [-0.39, 0.29) is 5.91 Å². The van der Waals surface area contributed by atoms with Crippen LogP contribution in [0, 0.1) is 0 Å². The second-order valence-corrected chi connectivity index (χ2v) is 3.77. The topological polar surface area (TPSA) is 77.0 Å². The Balaban J connectivity index is 2.33. The zero-order chi connectivity index (χ0) is 12.4. The van der Waals surface area contributed by atoms with E-state index in [1.165, 1.54) is 9.58 Å². The van der Waals surface area contributed by atoms with Gasteiger partial charge < -0.3 is 10.6 Å². The monoisotopic (exact) mass is 231 g/mol. The molecule has 0 fully saturated rings. The van der Waals surface area contributed by atoms with Crippen LogP contribution in [0.5, 0.6) is 0 Å². The van der Waals surface area contributed by atoms with Crippen LogP contribution in [0.15, 0.2) is 30.5 Å². The third kappa shape index (κ3) is 2.25. The summed E-state index contributed by atoms with van der Waals surface area (Å²) in [6, 6.07) is 6.89. The summed E-state index contributed by atoms with van der Waals surface area (Å²) in [7, 11) is 3.36. The molecule has 6 heteroatoms. The van der Waals surface area contributed by atoms with Crippen LogP contribution < -0.4 is 5.73 Å². The molecule has 1 amide bonds. The van der Waals surface area contributed by atoms with Gasteiger partial charge in [0, 0.05) is 20.3 Å². The van der Waals surface area contributed by atoms with Crippen LogP contribution in [0.4, 0.5) is 5.82 Å². The number of anilines is 1. The Labute approximate surface area is 98.7 Å². The van der Waals surface area contributed by atoms with Crippen molar-refractivity contribution in [1.29, 1.82) is 0 Å². The first kappa shape index (κ1) is 11.1. The molecular weight excluding hydrogens is 218 g/mol. The average Bonchev–Trinajstić information content (AvgIpc) is 2.77. The maximum Gasteiger partial charge on any atom is 0.273 e. The standard InChI is InChI=1S/C11H13N5O/c1-15(2)11(17)8-6-7-16(14-8)10-5-3-4-9(12)13-10/h3-7H,1-2H3,(H2,12,13). The molecule has 0 aromatic carbocycles. The number of carbonyl (C=O) groups excluding carboxylic acids is 1. The van der Waals surface area contributed by atoms with Crippen molar-refractivity contribution in [2.24, 2.45) is 0 Å². The quantitative estimate of drug-likeness (QED) is 0.818. The van der Waals surface area contributed by atoms with Gasteiger partial charge in [0.15, 0.2) is 11.5 Å². The van der Waals surface area contributed by atoms with E-state index >= 15 is 0 Å². The second kappa shape index (κ2) is 4.25. The van der Waals surface area contributed by atoms with Crippen molar-refractivity contribution in [1.82, 2.24) is 19.7 Å². The Morgan fingerprint density at radius 3 is 2.76 bits per heavy atom. The van der Waals surface area contributed by atoms with Gasteiger partial charge in [-0.1, -0.05) is 6.07 Å². The zero-order valence-corrected chi connectivity index (χ0v) is 9.66. The number of aromatic nitrogens is 3. The summed E-state index contributed by atoms with van der Waals surface area (Å²) in [6.07, 6.45) is 1.68. The van der Waals surface area contributed by atoms with Crippen molar-refractivity contribution in [3.05, 3.63) is 36.2 Å². The highest BCUT2D eigenvalue weighted by Crippen LogP contribution is 2.07. The summed E-state index contributed by atoms with van der Waals surface area (Å²) in [5.41, 5.74) is 5.96. The van der Waals surface area contributed by atoms with Crippen molar-refractivity contribution in [2.45, 2.75) is 0 Å². The Morgan fingerprint density at radius 1 is 1.35 bits per heavy atom. The fourth-order valence-electron chi connectivity index (χ4n) is 1.36. The minimum atomic E-state index is -0.146. The molecule has 0 unspecified atom stereocenters. The summed E-state index contributed by atoms with van der Waals surface area (Å²) < 4.78 is 1.52. The Hall–Kier alpha value is -2.37. The molecule has 88 valence electrons. The van der Waals surface area contributed by atoms with Crippen LogP contribution >= 0.6 is 0 Å².